The predicted molar refractivity (Wildman–Crippen MR) is 105 cm³/mol. The first-order valence-electron chi connectivity index (χ1n) is 9.17. The topological polar surface area (TPSA) is 97.0 Å². The molecule has 1 fully saturated rings. The minimum Gasteiger partial charge on any atom is -0.486 e. The summed E-state index contributed by atoms with van der Waals surface area (Å²) in [4.78, 5) is 38.3. The van der Waals surface area contributed by atoms with Gasteiger partial charge in [-0.1, -0.05) is 11.6 Å². The summed E-state index contributed by atoms with van der Waals surface area (Å²) in [7, 11) is 0. The van der Waals surface area contributed by atoms with Crippen LogP contribution in [0.1, 0.15) is 12.5 Å². The number of hydrogen-bond donors (Lipinski definition) is 2. The molecular formula is C20H16ClF2N3O5. The fourth-order valence-electron chi connectivity index (χ4n) is 3.40. The minimum atomic E-state index is -1.86. The van der Waals surface area contributed by atoms with Crippen molar-refractivity contribution < 1.29 is 32.6 Å². The number of carbonyl (C=O) groups excluding carboxylic acids is 3. The van der Waals surface area contributed by atoms with Crippen molar-refractivity contribution in [3.63, 3.8) is 0 Å². The summed E-state index contributed by atoms with van der Waals surface area (Å²) in [5, 5.41) is 4.99. The summed E-state index contributed by atoms with van der Waals surface area (Å²) in [6.45, 7) is 1.27. The molecule has 2 aromatic carbocycles. The summed E-state index contributed by atoms with van der Waals surface area (Å²) in [6.07, 6.45) is 0. The largest absolute Gasteiger partial charge is 0.486 e. The summed E-state index contributed by atoms with van der Waals surface area (Å²) in [5.74, 6) is -2.46. The van der Waals surface area contributed by atoms with Crippen LogP contribution in [0, 0.1) is 11.6 Å². The highest BCUT2D eigenvalue weighted by Crippen LogP contribution is 2.38. The fraction of sp³-hybridized carbons (Fsp3) is 0.250. The molecule has 1 unspecified atom stereocenters. The Balaban J connectivity index is 1.52. The molecule has 8 nitrogen and oxygen atoms in total. The smallest absolute Gasteiger partial charge is 0.325 e. The zero-order valence-electron chi connectivity index (χ0n) is 16.1. The van der Waals surface area contributed by atoms with Crippen LogP contribution in [-0.4, -0.2) is 42.5 Å². The van der Waals surface area contributed by atoms with E-state index in [4.69, 9.17) is 21.1 Å². The molecule has 11 heteroatoms. The number of fused-ring (bicyclic) bond motifs is 1. The average molecular weight is 452 g/mol. The zero-order chi connectivity index (χ0) is 22.3. The molecule has 1 saturated heterocycles. The number of imide groups is 1. The van der Waals surface area contributed by atoms with Gasteiger partial charge in [-0.2, -0.15) is 0 Å². The summed E-state index contributed by atoms with van der Waals surface area (Å²) in [5.41, 5.74) is -2.01. The van der Waals surface area contributed by atoms with E-state index in [1.807, 2.05) is 0 Å². The number of carbonyl (C=O) groups is 3. The molecule has 4 amide bonds. The lowest BCUT2D eigenvalue weighted by molar-refractivity contribution is -0.133. The van der Waals surface area contributed by atoms with Gasteiger partial charge in [-0.3, -0.25) is 14.5 Å². The number of anilines is 1. The number of nitrogens with one attached hydrogen (secondary N) is 2. The van der Waals surface area contributed by atoms with E-state index in [1.54, 1.807) is 0 Å². The number of nitrogens with zero attached hydrogens (tertiary/aromatic N) is 1. The number of rotatable bonds is 4. The molecule has 0 saturated carbocycles. The van der Waals surface area contributed by atoms with Crippen molar-refractivity contribution >= 4 is 35.1 Å². The van der Waals surface area contributed by atoms with Crippen LogP contribution in [0.2, 0.25) is 5.02 Å². The minimum absolute atomic E-state index is 0.168. The Morgan fingerprint density at radius 2 is 1.87 bits per heavy atom. The first-order valence-corrected chi connectivity index (χ1v) is 9.55. The maximum Gasteiger partial charge on any atom is 0.325 e. The highest BCUT2D eigenvalue weighted by atomic mass is 35.5. The Bertz CT molecular complexity index is 1110. The molecule has 0 spiro atoms. The van der Waals surface area contributed by atoms with E-state index < -0.39 is 41.6 Å². The van der Waals surface area contributed by atoms with Gasteiger partial charge in [-0.15, -0.1) is 0 Å². The second-order valence-corrected chi connectivity index (χ2v) is 7.50. The third-order valence-corrected chi connectivity index (χ3v) is 5.26. The Hall–Kier alpha value is -3.40. The van der Waals surface area contributed by atoms with Gasteiger partial charge in [0.1, 0.15) is 36.9 Å². The number of halogens is 3. The summed E-state index contributed by atoms with van der Waals surface area (Å²) < 4.78 is 38.7. The molecule has 1 atom stereocenters. The molecule has 0 aliphatic carbocycles. The van der Waals surface area contributed by atoms with Crippen molar-refractivity contribution in [3.8, 4) is 11.5 Å². The van der Waals surface area contributed by atoms with Crippen molar-refractivity contribution in [2.24, 2.45) is 0 Å². The van der Waals surface area contributed by atoms with Crippen LogP contribution in [0.25, 0.3) is 0 Å². The predicted octanol–water partition coefficient (Wildman–Crippen LogP) is 2.80. The molecule has 4 rings (SSSR count). The number of amides is 4. The molecule has 2 aromatic rings. The quantitative estimate of drug-likeness (QED) is 0.697. The molecule has 2 N–H and O–H groups in total. The average Bonchev–Trinajstić information content (AvgIpc) is 2.94. The molecule has 2 aliphatic heterocycles. The van der Waals surface area contributed by atoms with Crippen molar-refractivity contribution in [2.75, 3.05) is 25.1 Å². The maximum absolute atomic E-state index is 14.2. The van der Waals surface area contributed by atoms with Gasteiger partial charge in [0.15, 0.2) is 11.5 Å². The van der Waals surface area contributed by atoms with Gasteiger partial charge in [0.2, 0.25) is 5.91 Å². The van der Waals surface area contributed by atoms with Crippen molar-refractivity contribution in [2.45, 2.75) is 12.5 Å². The van der Waals surface area contributed by atoms with E-state index in [-0.39, 0.29) is 16.3 Å². The third kappa shape index (κ3) is 3.74. The lowest BCUT2D eigenvalue weighted by atomic mass is 9.91. The highest BCUT2D eigenvalue weighted by molar-refractivity contribution is 6.34. The van der Waals surface area contributed by atoms with Gasteiger partial charge in [-0.25, -0.2) is 13.6 Å². The van der Waals surface area contributed by atoms with Gasteiger partial charge >= 0.3 is 6.03 Å². The molecule has 162 valence electrons. The Kier molecular flexibility index (Phi) is 5.18. The Morgan fingerprint density at radius 3 is 2.58 bits per heavy atom. The third-order valence-electron chi connectivity index (χ3n) is 4.95. The van der Waals surface area contributed by atoms with Crippen molar-refractivity contribution in [1.82, 2.24) is 10.2 Å². The maximum atomic E-state index is 14.2. The van der Waals surface area contributed by atoms with Gasteiger partial charge in [0, 0.05) is 17.7 Å². The summed E-state index contributed by atoms with van der Waals surface area (Å²) in [6, 6.07) is 4.60. The van der Waals surface area contributed by atoms with Crippen LogP contribution < -0.4 is 20.1 Å². The van der Waals surface area contributed by atoms with Crippen LogP contribution in [0.3, 0.4) is 0 Å². The monoisotopic (exact) mass is 451 g/mol. The fourth-order valence-corrected chi connectivity index (χ4v) is 3.60. The van der Waals surface area contributed by atoms with Gasteiger partial charge < -0.3 is 20.1 Å². The van der Waals surface area contributed by atoms with E-state index in [0.717, 1.165) is 18.2 Å². The van der Waals surface area contributed by atoms with Gasteiger partial charge in [-0.05, 0) is 25.1 Å². The molecular weight excluding hydrogens is 436 g/mol. The Labute approximate surface area is 180 Å². The molecule has 0 radical (unpaired) electrons. The van der Waals surface area contributed by atoms with E-state index >= 15 is 0 Å². The van der Waals surface area contributed by atoms with E-state index in [0.29, 0.717) is 29.6 Å². The van der Waals surface area contributed by atoms with Crippen LogP contribution in [0.15, 0.2) is 30.3 Å². The molecule has 0 bridgehead atoms. The first kappa shape index (κ1) is 20.9. The number of benzene rings is 2. The molecule has 31 heavy (non-hydrogen) atoms. The lowest BCUT2D eigenvalue weighted by Gasteiger charge is -2.23. The lowest BCUT2D eigenvalue weighted by Crippen LogP contribution is -2.42. The van der Waals surface area contributed by atoms with Crippen LogP contribution in [0.4, 0.5) is 19.3 Å². The van der Waals surface area contributed by atoms with E-state index in [9.17, 15) is 23.2 Å². The van der Waals surface area contributed by atoms with E-state index in [1.165, 1.54) is 19.1 Å². The van der Waals surface area contributed by atoms with Crippen LogP contribution in [-0.2, 0) is 15.1 Å². The number of urea groups is 1. The van der Waals surface area contributed by atoms with Crippen molar-refractivity contribution in [1.29, 1.82) is 0 Å². The summed E-state index contributed by atoms with van der Waals surface area (Å²) >= 11 is 6.15. The SMILES string of the molecule is CC1(c2cc(F)ccc2F)NC(=O)N(CC(=O)Nc2cc3c(cc2Cl)OCCO3)C1=O. The van der Waals surface area contributed by atoms with Crippen molar-refractivity contribution in [3.05, 3.63) is 52.6 Å². The van der Waals surface area contributed by atoms with Gasteiger partial charge in [0.25, 0.3) is 5.91 Å². The van der Waals surface area contributed by atoms with Gasteiger partial charge in [0.05, 0.1) is 10.7 Å². The number of ether oxygens (including phenoxy) is 2. The van der Waals surface area contributed by atoms with E-state index in [2.05, 4.69) is 10.6 Å². The normalized spacial score (nSPS) is 19.9. The Morgan fingerprint density at radius 1 is 1.19 bits per heavy atom. The van der Waals surface area contributed by atoms with Crippen LogP contribution >= 0.6 is 11.6 Å². The van der Waals surface area contributed by atoms with Crippen LogP contribution in [0.5, 0.6) is 11.5 Å². The highest BCUT2D eigenvalue weighted by Gasteiger charge is 2.50. The second kappa shape index (κ2) is 7.69. The second-order valence-electron chi connectivity index (χ2n) is 7.09. The number of hydrogen-bond acceptors (Lipinski definition) is 5. The standard InChI is InChI=1S/C20H16ClF2N3O5/c1-20(11-6-10(22)2-3-13(11)23)18(28)26(19(29)25-20)9-17(27)24-14-8-16-15(7-12(14)21)30-4-5-31-16/h2-3,6-8H,4-5,9H2,1H3,(H,24,27)(H,25,29). The molecule has 2 heterocycles. The zero-order valence-corrected chi connectivity index (χ0v) is 16.9. The molecule has 2 aliphatic rings. The molecule has 0 aromatic heterocycles. The first-order chi connectivity index (χ1) is 14.7.